The average molecular weight is 283 g/mol. The van der Waals surface area contributed by atoms with Gasteiger partial charge in [0, 0.05) is 12.2 Å². The van der Waals surface area contributed by atoms with Crippen molar-refractivity contribution in [2.75, 3.05) is 18.0 Å². The lowest BCUT2D eigenvalue weighted by Crippen LogP contribution is -2.26. The average Bonchev–Trinajstić information content (AvgIpc) is 2.34. The van der Waals surface area contributed by atoms with Crippen LogP contribution in [0.1, 0.15) is 16.8 Å². The highest BCUT2D eigenvalue weighted by atomic mass is 35.5. The maximum Gasteiger partial charge on any atom is 0.337 e. The van der Waals surface area contributed by atoms with Crippen LogP contribution in [0.2, 0.25) is 5.02 Å². The number of aliphatic carboxylic acids is 1. The number of hydrogen-bond acceptors (Lipinski definition) is 4. The van der Waals surface area contributed by atoms with Crippen molar-refractivity contribution in [1.29, 1.82) is 5.26 Å². The summed E-state index contributed by atoms with van der Waals surface area (Å²) in [7, 11) is 0. The molecule has 0 aliphatic rings. The number of aromatic carboxylic acids is 1. The summed E-state index contributed by atoms with van der Waals surface area (Å²) in [5, 5.41) is 26.4. The van der Waals surface area contributed by atoms with Crippen LogP contribution in [-0.4, -0.2) is 35.2 Å². The van der Waals surface area contributed by atoms with Gasteiger partial charge < -0.3 is 15.1 Å². The fourth-order valence-corrected chi connectivity index (χ4v) is 1.69. The quantitative estimate of drug-likeness (QED) is 0.772. The number of halogens is 1. The summed E-state index contributed by atoms with van der Waals surface area (Å²) < 4.78 is 0. The SMILES string of the molecule is N#CCN(CCC(=O)O)c1ccc(Cl)c(C(=O)O)c1. The van der Waals surface area contributed by atoms with Gasteiger partial charge in [-0.25, -0.2) is 4.79 Å². The van der Waals surface area contributed by atoms with E-state index >= 15 is 0 Å². The second-order valence-electron chi connectivity index (χ2n) is 3.69. The third kappa shape index (κ3) is 4.16. The smallest absolute Gasteiger partial charge is 0.337 e. The Morgan fingerprint density at radius 3 is 2.58 bits per heavy atom. The Bertz CT molecular complexity index is 539. The van der Waals surface area contributed by atoms with Gasteiger partial charge in [0.25, 0.3) is 0 Å². The number of rotatable bonds is 6. The summed E-state index contributed by atoms with van der Waals surface area (Å²) in [6.07, 6.45) is -0.146. The number of benzene rings is 1. The van der Waals surface area contributed by atoms with Gasteiger partial charge in [-0.1, -0.05) is 11.6 Å². The summed E-state index contributed by atoms with van der Waals surface area (Å²) in [6, 6.07) is 6.19. The van der Waals surface area contributed by atoms with Crippen LogP contribution in [0.5, 0.6) is 0 Å². The van der Waals surface area contributed by atoms with E-state index in [-0.39, 0.29) is 30.1 Å². The number of nitrogens with zero attached hydrogens (tertiary/aromatic N) is 2. The second kappa shape index (κ2) is 6.61. The summed E-state index contributed by atoms with van der Waals surface area (Å²) in [5.41, 5.74) is 0.363. The van der Waals surface area contributed by atoms with E-state index in [9.17, 15) is 9.59 Å². The first-order valence-electron chi connectivity index (χ1n) is 5.32. The molecule has 0 atom stereocenters. The monoisotopic (exact) mass is 282 g/mol. The fourth-order valence-electron chi connectivity index (χ4n) is 1.49. The second-order valence-corrected chi connectivity index (χ2v) is 4.10. The molecule has 7 heteroatoms. The predicted molar refractivity (Wildman–Crippen MR) is 68.5 cm³/mol. The highest BCUT2D eigenvalue weighted by molar-refractivity contribution is 6.33. The first kappa shape index (κ1) is 14.8. The van der Waals surface area contributed by atoms with Crippen LogP contribution in [-0.2, 0) is 4.79 Å². The van der Waals surface area contributed by atoms with Gasteiger partial charge >= 0.3 is 11.9 Å². The predicted octanol–water partition coefficient (Wildman–Crippen LogP) is 1.84. The lowest BCUT2D eigenvalue weighted by atomic mass is 10.2. The van der Waals surface area contributed by atoms with Gasteiger partial charge in [-0.3, -0.25) is 4.79 Å². The number of carboxylic acids is 2. The Hall–Kier alpha value is -2.26. The maximum atomic E-state index is 11.0. The maximum absolute atomic E-state index is 11.0. The summed E-state index contributed by atoms with van der Waals surface area (Å²) in [5.74, 6) is -2.17. The van der Waals surface area contributed by atoms with Gasteiger partial charge in [-0.15, -0.1) is 0 Å². The van der Waals surface area contributed by atoms with Crippen LogP contribution in [0.15, 0.2) is 18.2 Å². The molecule has 0 saturated carbocycles. The molecule has 0 fully saturated rings. The van der Waals surface area contributed by atoms with E-state index in [2.05, 4.69) is 0 Å². The third-order valence-corrected chi connectivity index (χ3v) is 2.73. The molecule has 0 heterocycles. The Morgan fingerprint density at radius 1 is 1.37 bits per heavy atom. The van der Waals surface area contributed by atoms with Gasteiger partial charge in [0.15, 0.2) is 0 Å². The molecular formula is C12H11ClN2O4. The third-order valence-electron chi connectivity index (χ3n) is 2.40. The highest BCUT2D eigenvalue weighted by Crippen LogP contribution is 2.23. The lowest BCUT2D eigenvalue weighted by Gasteiger charge is -2.21. The molecule has 0 aromatic heterocycles. The van der Waals surface area contributed by atoms with Crippen LogP contribution in [0.3, 0.4) is 0 Å². The van der Waals surface area contributed by atoms with Gasteiger partial charge in [0.1, 0.15) is 6.54 Å². The molecule has 0 unspecified atom stereocenters. The number of nitriles is 1. The van der Waals surface area contributed by atoms with Crippen LogP contribution in [0.25, 0.3) is 0 Å². The Kier molecular flexibility index (Phi) is 5.15. The van der Waals surface area contributed by atoms with E-state index in [0.717, 1.165) is 0 Å². The molecule has 0 radical (unpaired) electrons. The molecule has 0 bridgehead atoms. The molecule has 0 spiro atoms. The van der Waals surface area contributed by atoms with Crippen molar-refractivity contribution in [3.63, 3.8) is 0 Å². The number of anilines is 1. The van der Waals surface area contributed by atoms with Crippen LogP contribution in [0.4, 0.5) is 5.69 Å². The topological polar surface area (TPSA) is 102 Å². The zero-order valence-corrected chi connectivity index (χ0v) is 10.6. The van der Waals surface area contributed by atoms with Crippen molar-refractivity contribution < 1.29 is 19.8 Å². The molecule has 0 aliphatic heterocycles. The summed E-state index contributed by atoms with van der Waals surface area (Å²) in [4.78, 5) is 23.0. The molecule has 0 aliphatic carbocycles. The lowest BCUT2D eigenvalue weighted by molar-refractivity contribution is -0.136. The van der Waals surface area contributed by atoms with E-state index in [1.165, 1.54) is 17.0 Å². The first-order valence-corrected chi connectivity index (χ1v) is 5.70. The number of carbonyl (C=O) groups is 2. The van der Waals surface area contributed by atoms with Crippen molar-refractivity contribution in [2.45, 2.75) is 6.42 Å². The van der Waals surface area contributed by atoms with Crippen molar-refractivity contribution in [3.8, 4) is 6.07 Å². The minimum Gasteiger partial charge on any atom is -0.481 e. The minimum absolute atomic E-state index is 0.0338. The molecule has 100 valence electrons. The molecule has 0 saturated heterocycles. The molecule has 2 N–H and O–H groups in total. The highest BCUT2D eigenvalue weighted by Gasteiger charge is 2.14. The number of carboxylic acid groups (broad SMARTS) is 2. The first-order chi connectivity index (χ1) is 8.95. The van der Waals surface area contributed by atoms with Crippen molar-refractivity contribution >= 4 is 29.2 Å². The Balaban J connectivity index is 3.02. The Morgan fingerprint density at radius 2 is 2.05 bits per heavy atom. The Labute approximate surface area is 114 Å². The zero-order chi connectivity index (χ0) is 14.4. The van der Waals surface area contributed by atoms with Gasteiger partial charge in [-0.2, -0.15) is 5.26 Å². The van der Waals surface area contributed by atoms with E-state index in [1.807, 2.05) is 6.07 Å². The number of hydrogen-bond donors (Lipinski definition) is 2. The molecule has 0 amide bonds. The van der Waals surface area contributed by atoms with Crippen LogP contribution < -0.4 is 4.90 Å². The fraction of sp³-hybridized carbons (Fsp3) is 0.250. The molecule has 1 rings (SSSR count). The molecule has 1 aromatic carbocycles. The van der Waals surface area contributed by atoms with Crippen molar-refractivity contribution in [1.82, 2.24) is 0 Å². The van der Waals surface area contributed by atoms with E-state index in [4.69, 9.17) is 27.1 Å². The molecule has 6 nitrogen and oxygen atoms in total. The van der Waals surface area contributed by atoms with E-state index in [1.54, 1.807) is 6.07 Å². The normalized spacial score (nSPS) is 9.68. The molecule has 1 aromatic rings. The molecule has 19 heavy (non-hydrogen) atoms. The van der Waals surface area contributed by atoms with Crippen LogP contribution in [0, 0.1) is 11.3 Å². The zero-order valence-electron chi connectivity index (χ0n) is 9.84. The van der Waals surface area contributed by atoms with Crippen molar-refractivity contribution in [2.24, 2.45) is 0 Å². The molecular weight excluding hydrogens is 272 g/mol. The van der Waals surface area contributed by atoms with Crippen molar-refractivity contribution in [3.05, 3.63) is 28.8 Å². The van der Waals surface area contributed by atoms with E-state index < -0.39 is 11.9 Å². The van der Waals surface area contributed by atoms with Gasteiger partial charge in [0.05, 0.1) is 23.1 Å². The van der Waals surface area contributed by atoms with Gasteiger partial charge in [-0.05, 0) is 18.2 Å². The minimum atomic E-state index is -1.18. The van der Waals surface area contributed by atoms with E-state index in [0.29, 0.717) is 5.69 Å². The summed E-state index contributed by atoms with van der Waals surface area (Å²) in [6.45, 7) is 0.0809. The van der Waals surface area contributed by atoms with Gasteiger partial charge in [0.2, 0.25) is 0 Å². The summed E-state index contributed by atoms with van der Waals surface area (Å²) >= 11 is 5.74. The van der Waals surface area contributed by atoms with Crippen LogP contribution >= 0.6 is 11.6 Å². The largest absolute Gasteiger partial charge is 0.481 e. The standard InChI is InChI=1S/C12H11ClN2O4/c13-10-2-1-8(7-9(10)12(18)19)15(6-4-14)5-3-11(16)17/h1-2,7H,3,5-6H2,(H,16,17)(H,18,19).